The van der Waals surface area contributed by atoms with Crippen molar-refractivity contribution in [2.75, 3.05) is 19.5 Å². The average Bonchev–Trinajstić information content (AvgIpc) is 3.16. The molecular weight excluding hydrogens is 354 g/mol. The first-order chi connectivity index (χ1) is 12.7. The SMILES string of the molecule is COc1ccc(C2C=C(c3ccc(Cl)cc3)Nc3nnnn32)cc1OC. The molecular formula is C18H16ClN5O2. The number of rotatable bonds is 4. The zero-order valence-electron chi connectivity index (χ0n) is 14.2. The van der Waals surface area contributed by atoms with Crippen LogP contribution in [0, 0.1) is 0 Å². The van der Waals surface area contributed by atoms with Crippen molar-refractivity contribution in [1.29, 1.82) is 0 Å². The Balaban J connectivity index is 1.80. The molecule has 0 saturated heterocycles. The number of ether oxygens (including phenoxy) is 2. The van der Waals surface area contributed by atoms with Crippen LogP contribution in [0.1, 0.15) is 17.2 Å². The topological polar surface area (TPSA) is 74.1 Å². The van der Waals surface area contributed by atoms with Gasteiger partial charge in [0.1, 0.15) is 6.04 Å². The van der Waals surface area contributed by atoms with Gasteiger partial charge in [0.05, 0.1) is 14.2 Å². The standard InChI is InChI=1S/C18H16ClN5O2/c1-25-16-8-5-12(9-17(16)26-2)15-10-14(11-3-6-13(19)7-4-11)20-18-21-22-23-24(15)18/h3-10,15H,1-2H3,(H,20,21,23). The molecule has 26 heavy (non-hydrogen) atoms. The molecule has 0 fully saturated rings. The number of anilines is 1. The summed E-state index contributed by atoms with van der Waals surface area (Å²) in [5.74, 6) is 1.89. The molecule has 0 saturated carbocycles. The first-order valence-corrected chi connectivity index (χ1v) is 8.32. The van der Waals surface area contributed by atoms with E-state index in [1.54, 1.807) is 18.9 Å². The van der Waals surface area contributed by atoms with Crippen LogP contribution < -0.4 is 14.8 Å². The van der Waals surface area contributed by atoms with Crippen LogP contribution in [0.3, 0.4) is 0 Å². The van der Waals surface area contributed by atoms with Crippen LogP contribution in [-0.2, 0) is 0 Å². The van der Waals surface area contributed by atoms with Crippen LogP contribution in [0.25, 0.3) is 5.70 Å². The molecule has 1 unspecified atom stereocenters. The smallest absolute Gasteiger partial charge is 0.248 e. The second-order valence-electron chi connectivity index (χ2n) is 5.72. The Labute approximate surface area is 155 Å². The summed E-state index contributed by atoms with van der Waals surface area (Å²) in [5, 5.41) is 15.9. The Morgan fingerprint density at radius 2 is 1.81 bits per heavy atom. The van der Waals surface area contributed by atoms with Crippen molar-refractivity contribution < 1.29 is 9.47 Å². The van der Waals surface area contributed by atoms with Gasteiger partial charge in [0, 0.05) is 10.7 Å². The fraction of sp³-hybridized carbons (Fsp3) is 0.167. The van der Waals surface area contributed by atoms with Crippen LogP contribution in [0.5, 0.6) is 11.5 Å². The number of halogens is 1. The minimum Gasteiger partial charge on any atom is -0.493 e. The average molecular weight is 370 g/mol. The molecule has 2 aromatic carbocycles. The van der Waals surface area contributed by atoms with E-state index in [9.17, 15) is 0 Å². The lowest BCUT2D eigenvalue weighted by Gasteiger charge is -2.24. The summed E-state index contributed by atoms with van der Waals surface area (Å²) in [6, 6.07) is 13.2. The highest BCUT2D eigenvalue weighted by molar-refractivity contribution is 6.30. The number of hydrogen-bond donors (Lipinski definition) is 1. The van der Waals surface area contributed by atoms with Crippen LogP contribution in [-0.4, -0.2) is 34.4 Å². The van der Waals surface area contributed by atoms with Crippen molar-refractivity contribution in [3.63, 3.8) is 0 Å². The third kappa shape index (κ3) is 2.86. The lowest BCUT2D eigenvalue weighted by molar-refractivity contribution is 0.354. The molecule has 1 N–H and O–H groups in total. The van der Waals surface area contributed by atoms with Gasteiger partial charge in [-0.05, 0) is 51.9 Å². The van der Waals surface area contributed by atoms with Crippen molar-refractivity contribution in [2.24, 2.45) is 0 Å². The van der Waals surface area contributed by atoms with E-state index < -0.39 is 0 Å². The van der Waals surface area contributed by atoms with Crippen molar-refractivity contribution in [2.45, 2.75) is 6.04 Å². The maximum Gasteiger partial charge on any atom is 0.248 e. The maximum absolute atomic E-state index is 6.00. The van der Waals surface area contributed by atoms with Crippen molar-refractivity contribution in [3.05, 3.63) is 64.7 Å². The number of nitrogens with zero attached hydrogens (tertiary/aromatic N) is 4. The van der Waals surface area contributed by atoms with Gasteiger partial charge in [-0.15, -0.1) is 0 Å². The van der Waals surface area contributed by atoms with E-state index in [1.165, 1.54) is 0 Å². The highest BCUT2D eigenvalue weighted by Gasteiger charge is 2.25. The van der Waals surface area contributed by atoms with Gasteiger partial charge in [-0.1, -0.05) is 34.9 Å². The molecule has 4 rings (SSSR count). The van der Waals surface area contributed by atoms with Gasteiger partial charge in [-0.3, -0.25) is 0 Å². The highest BCUT2D eigenvalue weighted by Crippen LogP contribution is 2.36. The summed E-state index contributed by atoms with van der Waals surface area (Å²) in [7, 11) is 3.22. The number of nitrogens with one attached hydrogen (secondary N) is 1. The normalized spacial score (nSPS) is 15.7. The van der Waals surface area contributed by atoms with Crippen molar-refractivity contribution in [3.8, 4) is 11.5 Å². The van der Waals surface area contributed by atoms with Gasteiger partial charge in [0.25, 0.3) is 0 Å². The van der Waals surface area contributed by atoms with Crippen LogP contribution in [0.4, 0.5) is 5.95 Å². The first kappa shape index (κ1) is 16.4. The molecule has 1 aromatic heterocycles. The third-order valence-electron chi connectivity index (χ3n) is 4.23. The van der Waals surface area contributed by atoms with E-state index in [0.717, 1.165) is 16.8 Å². The molecule has 8 heteroatoms. The minimum atomic E-state index is -0.188. The maximum atomic E-state index is 6.00. The number of benzene rings is 2. The first-order valence-electron chi connectivity index (χ1n) is 7.94. The summed E-state index contributed by atoms with van der Waals surface area (Å²) < 4.78 is 12.5. The number of allylic oxidation sites excluding steroid dienone is 1. The molecule has 1 aliphatic rings. The fourth-order valence-corrected chi connectivity index (χ4v) is 3.05. The van der Waals surface area contributed by atoms with Gasteiger partial charge < -0.3 is 14.8 Å². The summed E-state index contributed by atoms with van der Waals surface area (Å²) in [6.45, 7) is 0. The van der Waals surface area contributed by atoms with Gasteiger partial charge in [0.15, 0.2) is 11.5 Å². The van der Waals surface area contributed by atoms with E-state index in [2.05, 4.69) is 26.9 Å². The lowest BCUT2D eigenvalue weighted by Crippen LogP contribution is -2.20. The van der Waals surface area contributed by atoms with E-state index in [-0.39, 0.29) is 6.04 Å². The Kier molecular flexibility index (Phi) is 4.22. The van der Waals surface area contributed by atoms with E-state index in [0.29, 0.717) is 22.5 Å². The monoisotopic (exact) mass is 369 g/mol. The van der Waals surface area contributed by atoms with Crippen molar-refractivity contribution >= 4 is 23.2 Å². The largest absolute Gasteiger partial charge is 0.493 e. The minimum absolute atomic E-state index is 0.188. The Bertz CT molecular complexity index is 968. The van der Waals surface area contributed by atoms with Crippen LogP contribution in [0.15, 0.2) is 48.5 Å². The quantitative estimate of drug-likeness (QED) is 0.759. The van der Waals surface area contributed by atoms with Gasteiger partial charge >= 0.3 is 0 Å². The van der Waals surface area contributed by atoms with E-state index in [4.69, 9.17) is 21.1 Å². The second kappa shape index (κ2) is 6.68. The van der Waals surface area contributed by atoms with E-state index >= 15 is 0 Å². The van der Waals surface area contributed by atoms with Gasteiger partial charge in [-0.25, -0.2) is 0 Å². The molecule has 132 valence electrons. The number of fused-ring (bicyclic) bond motifs is 1. The Hall–Kier alpha value is -3.06. The summed E-state index contributed by atoms with van der Waals surface area (Å²) in [6.07, 6.45) is 2.06. The molecule has 0 radical (unpaired) electrons. The highest BCUT2D eigenvalue weighted by atomic mass is 35.5. The summed E-state index contributed by atoms with van der Waals surface area (Å²) in [5.41, 5.74) is 2.88. The van der Waals surface area contributed by atoms with Gasteiger partial charge in [0.2, 0.25) is 5.95 Å². The summed E-state index contributed by atoms with van der Waals surface area (Å²) >= 11 is 6.00. The zero-order chi connectivity index (χ0) is 18.1. The predicted molar refractivity (Wildman–Crippen MR) is 98.6 cm³/mol. The Morgan fingerprint density at radius 1 is 1.04 bits per heavy atom. The number of hydrogen-bond acceptors (Lipinski definition) is 6. The molecule has 0 spiro atoms. The number of tetrazole rings is 1. The van der Waals surface area contributed by atoms with Gasteiger partial charge in [-0.2, -0.15) is 4.68 Å². The molecule has 0 bridgehead atoms. The second-order valence-corrected chi connectivity index (χ2v) is 6.15. The fourth-order valence-electron chi connectivity index (χ4n) is 2.93. The molecule has 1 atom stereocenters. The van der Waals surface area contributed by atoms with Crippen LogP contribution in [0.2, 0.25) is 5.02 Å². The van der Waals surface area contributed by atoms with Crippen molar-refractivity contribution in [1.82, 2.24) is 20.2 Å². The molecule has 3 aromatic rings. The lowest BCUT2D eigenvalue weighted by atomic mass is 10.0. The van der Waals surface area contributed by atoms with E-state index in [1.807, 2.05) is 42.5 Å². The molecule has 2 heterocycles. The Morgan fingerprint density at radius 3 is 2.54 bits per heavy atom. The molecule has 0 aliphatic carbocycles. The third-order valence-corrected chi connectivity index (χ3v) is 4.48. The van der Waals surface area contributed by atoms with Crippen LogP contribution >= 0.6 is 11.6 Å². The predicted octanol–water partition coefficient (Wildman–Crippen LogP) is 3.40. The summed E-state index contributed by atoms with van der Waals surface area (Å²) in [4.78, 5) is 0. The number of methoxy groups -OCH3 is 2. The molecule has 1 aliphatic heterocycles. The number of aromatic nitrogens is 4. The molecule has 7 nitrogen and oxygen atoms in total. The zero-order valence-corrected chi connectivity index (χ0v) is 14.9. The molecule has 0 amide bonds.